The van der Waals surface area contributed by atoms with Crippen LogP contribution >= 0.6 is 0 Å². The fourth-order valence-corrected chi connectivity index (χ4v) is 2.03. The van der Waals surface area contributed by atoms with E-state index >= 15 is 0 Å². The molecule has 5 nitrogen and oxygen atoms in total. The lowest BCUT2D eigenvalue weighted by molar-refractivity contribution is 0.401. The summed E-state index contributed by atoms with van der Waals surface area (Å²) in [4.78, 5) is 27.2. The van der Waals surface area contributed by atoms with Crippen molar-refractivity contribution >= 4 is 11.4 Å². The standard InChI is InChI=1S/C14H25N3O2/c1-5-6-8-15-11-12(14(19)13(11)18)17(4)10-7-9-16(2)3/h15H,5-10H2,1-4H3. The second-order valence-corrected chi connectivity index (χ2v) is 5.24. The molecule has 108 valence electrons. The highest BCUT2D eigenvalue weighted by atomic mass is 16.2. The number of nitrogens with zero attached hydrogens (tertiary/aromatic N) is 2. The smallest absolute Gasteiger partial charge is 0.253 e. The Hall–Kier alpha value is -1.36. The van der Waals surface area contributed by atoms with Crippen molar-refractivity contribution in [2.45, 2.75) is 26.2 Å². The Morgan fingerprint density at radius 2 is 1.68 bits per heavy atom. The van der Waals surface area contributed by atoms with Crippen LogP contribution in [0.1, 0.15) is 26.2 Å². The second kappa shape index (κ2) is 7.28. The molecular formula is C14H25N3O2. The maximum absolute atomic E-state index is 11.6. The van der Waals surface area contributed by atoms with Gasteiger partial charge >= 0.3 is 0 Å². The third-order valence-electron chi connectivity index (χ3n) is 3.20. The number of hydrogen-bond donors (Lipinski definition) is 1. The summed E-state index contributed by atoms with van der Waals surface area (Å²) < 4.78 is 0. The van der Waals surface area contributed by atoms with Gasteiger partial charge in [-0.2, -0.15) is 0 Å². The van der Waals surface area contributed by atoms with E-state index < -0.39 is 0 Å². The summed E-state index contributed by atoms with van der Waals surface area (Å²) in [6.07, 6.45) is 3.04. The number of nitrogens with one attached hydrogen (secondary N) is 1. The van der Waals surface area contributed by atoms with Crippen LogP contribution in [-0.4, -0.2) is 45.7 Å². The van der Waals surface area contributed by atoms with Crippen molar-refractivity contribution in [3.63, 3.8) is 0 Å². The van der Waals surface area contributed by atoms with Gasteiger partial charge in [0.15, 0.2) is 0 Å². The van der Waals surface area contributed by atoms with Gasteiger partial charge in [0.1, 0.15) is 11.4 Å². The van der Waals surface area contributed by atoms with Crippen molar-refractivity contribution < 1.29 is 0 Å². The van der Waals surface area contributed by atoms with Crippen LogP contribution in [0.5, 0.6) is 0 Å². The molecule has 0 amide bonds. The molecule has 0 saturated heterocycles. The molecule has 0 bridgehead atoms. The fraction of sp³-hybridized carbons (Fsp3) is 0.714. The Morgan fingerprint density at radius 1 is 1.00 bits per heavy atom. The Kier molecular flexibility index (Phi) is 6.02. The average Bonchev–Trinajstić information content (AvgIpc) is 2.36. The maximum Gasteiger partial charge on any atom is 0.253 e. The molecule has 0 spiro atoms. The molecule has 0 aromatic heterocycles. The Balaban J connectivity index is 2.59. The van der Waals surface area contributed by atoms with Crippen LogP contribution < -0.4 is 21.1 Å². The Labute approximate surface area is 114 Å². The van der Waals surface area contributed by atoms with Gasteiger partial charge < -0.3 is 15.1 Å². The van der Waals surface area contributed by atoms with Crippen molar-refractivity contribution in [2.24, 2.45) is 0 Å². The van der Waals surface area contributed by atoms with Gasteiger partial charge in [0, 0.05) is 20.1 Å². The highest BCUT2D eigenvalue weighted by Crippen LogP contribution is 2.18. The highest BCUT2D eigenvalue weighted by molar-refractivity contribution is 5.74. The lowest BCUT2D eigenvalue weighted by Gasteiger charge is -2.24. The minimum atomic E-state index is -0.370. The van der Waals surface area contributed by atoms with E-state index in [2.05, 4.69) is 17.1 Å². The molecule has 0 radical (unpaired) electrons. The summed E-state index contributed by atoms with van der Waals surface area (Å²) >= 11 is 0. The van der Waals surface area contributed by atoms with E-state index in [1.807, 2.05) is 26.0 Å². The van der Waals surface area contributed by atoms with Crippen molar-refractivity contribution in [2.75, 3.05) is 51.0 Å². The van der Waals surface area contributed by atoms with Gasteiger partial charge in [0.05, 0.1) is 0 Å². The second-order valence-electron chi connectivity index (χ2n) is 5.24. The van der Waals surface area contributed by atoms with E-state index in [0.29, 0.717) is 11.4 Å². The number of unbranched alkanes of at least 4 members (excludes halogenated alkanes) is 1. The number of anilines is 2. The van der Waals surface area contributed by atoms with E-state index in [-0.39, 0.29) is 10.9 Å². The van der Waals surface area contributed by atoms with Crippen LogP contribution in [-0.2, 0) is 0 Å². The van der Waals surface area contributed by atoms with Crippen LogP contribution in [0.4, 0.5) is 11.4 Å². The number of rotatable bonds is 9. The molecular weight excluding hydrogens is 242 g/mol. The zero-order valence-electron chi connectivity index (χ0n) is 12.5. The molecule has 1 aromatic carbocycles. The molecule has 19 heavy (non-hydrogen) atoms. The molecule has 0 aliphatic heterocycles. The van der Waals surface area contributed by atoms with Crippen molar-refractivity contribution in [1.29, 1.82) is 0 Å². The first-order valence-electron chi connectivity index (χ1n) is 6.92. The summed E-state index contributed by atoms with van der Waals surface area (Å²) in [6.45, 7) is 4.60. The Bertz CT molecular complexity index is 461. The lowest BCUT2D eigenvalue weighted by atomic mass is 10.1. The first kappa shape index (κ1) is 15.7. The SMILES string of the molecule is CCCCNc1c(N(C)CCCN(C)C)c(=O)c1=O. The molecule has 0 aliphatic carbocycles. The van der Waals surface area contributed by atoms with Gasteiger partial charge in [-0.3, -0.25) is 9.59 Å². The lowest BCUT2D eigenvalue weighted by Crippen LogP contribution is -2.42. The zero-order chi connectivity index (χ0) is 14.4. The van der Waals surface area contributed by atoms with Crippen LogP contribution in [0.15, 0.2) is 9.59 Å². The molecule has 0 fully saturated rings. The minimum absolute atomic E-state index is 0.355. The van der Waals surface area contributed by atoms with Crippen molar-refractivity contribution in [3.8, 4) is 0 Å². The Morgan fingerprint density at radius 3 is 2.26 bits per heavy atom. The van der Waals surface area contributed by atoms with Gasteiger partial charge in [-0.15, -0.1) is 0 Å². The minimum Gasteiger partial charge on any atom is -0.380 e. The third-order valence-corrected chi connectivity index (χ3v) is 3.20. The van der Waals surface area contributed by atoms with Crippen LogP contribution in [0.2, 0.25) is 0 Å². The van der Waals surface area contributed by atoms with Gasteiger partial charge in [-0.1, -0.05) is 13.3 Å². The first-order valence-corrected chi connectivity index (χ1v) is 6.92. The predicted octanol–water partition coefficient (Wildman–Crippen LogP) is 0.882. The van der Waals surface area contributed by atoms with Crippen LogP contribution in [0, 0.1) is 0 Å². The molecule has 0 atom stereocenters. The van der Waals surface area contributed by atoms with Crippen molar-refractivity contribution in [3.05, 3.63) is 20.4 Å². The topological polar surface area (TPSA) is 52.6 Å². The van der Waals surface area contributed by atoms with E-state index in [9.17, 15) is 9.59 Å². The maximum atomic E-state index is 11.6. The normalized spacial score (nSPS) is 11.2. The predicted molar refractivity (Wildman–Crippen MR) is 81.2 cm³/mol. The molecule has 0 heterocycles. The molecule has 0 saturated carbocycles. The largest absolute Gasteiger partial charge is 0.380 e. The van der Waals surface area contributed by atoms with Gasteiger partial charge in [0.25, 0.3) is 10.9 Å². The summed E-state index contributed by atoms with van der Waals surface area (Å²) in [6, 6.07) is 0. The molecule has 5 heteroatoms. The van der Waals surface area contributed by atoms with E-state index in [0.717, 1.165) is 38.9 Å². The van der Waals surface area contributed by atoms with Crippen LogP contribution in [0.3, 0.4) is 0 Å². The summed E-state index contributed by atoms with van der Waals surface area (Å²) in [7, 11) is 5.92. The molecule has 1 N–H and O–H groups in total. The van der Waals surface area contributed by atoms with Gasteiger partial charge in [-0.25, -0.2) is 0 Å². The highest BCUT2D eigenvalue weighted by Gasteiger charge is 2.23. The monoisotopic (exact) mass is 267 g/mol. The van der Waals surface area contributed by atoms with Crippen molar-refractivity contribution in [1.82, 2.24) is 4.90 Å². The van der Waals surface area contributed by atoms with E-state index in [1.165, 1.54) is 0 Å². The van der Waals surface area contributed by atoms with Gasteiger partial charge in [0.2, 0.25) is 0 Å². The quantitative estimate of drug-likeness (QED) is 0.532. The summed E-state index contributed by atoms with van der Waals surface area (Å²) in [5, 5.41) is 3.09. The zero-order valence-corrected chi connectivity index (χ0v) is 12.5. The first-order chi connectivity index (χ1) is 8.99. The van der Waals surface area contributed by atoms with Gasteiger partial charge in [-0.05, 0) is 33.5 Å². The van der Waals surface area contributed by atoms with Crippen LogP contribution in [0.25, 0.3) is 0 Å². The number of hydrogen-bond acceptors (Lipinski definition) is 5. The fourth-order valence-electron chi connectivity index (χ4n) is 2.03. The molecule has 1 rings (SSSR count). The third kappa shape index (κ3) is 4.06. The molecule has 1 aromatic rings. The summed E-state index contributed by atoms with van der Waals surface area (Å²) in [5.74, 6) is 0. The molecule has 0 unspecified atom stereocenters. The molecule has 0 aliphatic rings. The van der Waals surface area contributed by atoms with E-state index in [4.69, 9.17) is 0 Å². The average molecular weight is 267 g/mol. The summed E-state index contributed by atoms with van der Waals surface area (Å²) in [5.41, 5.74) is 0.336. The van der Waals surface area contributed by atoms with E-state index in [1.54, 1.807) is 0 Å².